The fourth-order valence-electron chi connectivity index (χ4n) is 5.37. The van der Waals surface area contributed by atoms with Crippen molar-refractivity contribution in [3.63, 3.8) is 0 Å². The Balaban J connectivity index is 0.000000142. The Bertz CT molecular complexity index is 2540. The fraction of sp³-hybridized carbons (Fsp3) is 0. The van der Waals surface area contributed by atoms with Crippen LogP contribution in [-0.2, 0) is 0 Å². The summed E-state index contributed by atoms with van der Waals surface area (Å²) in [6.45, 7) is 0. The Morgan fingerprint density at radius 2 is 0.540 bits per heavy atom. The standard InChI is InChI=1S/2C18H14N4.C15H12N4/c1-2-18(22-14-16-7-11-20-12-8-16)4-3-17(1)21-13-15-5-9-19-10-6-15;1-2-16(14-22-18-7-11-20-12-8-18)4-3-15(1)13-21-17-5-9-19-10-6-17;1-3-15(19-10-9-17-12-19)4-2-14(1)18-11-13-5-7-16-8-6-13/h2*1-14H;1-12H. The molecule has 12 nitrogen and oxygen atoms in total. The summed E-state index contributed by atoms with van der Waals surface area (Å²) in [4.78, 5) is 45.9. The summed E-state index contributed by atoms with van der Waals surface area (Å²) >= 11 is 0. The highest BCUT2D eigenvalue weighted by Gasteiger charge is 1.96. The highest BCUT2D eigenvalue weighted by Crippen LogP contribution is 2.19. The maximum Gasteiger partial charge on any atom is 0.0991 e. The normalized spacial score (nSPS) is 11.2. The lowest BCUT2D eigenvalue weighted by Crippen LogP contribution is -1.88. The second-order valence-corrected chi connectivity index (χ2v) is 13.2. The molecule has 0 radical (unpaired) electrons. The van der Waals surface area contributed by atoms with Crippen LogP contribution in [0.1, 0.15) is 27.8 Å². The van der Waals surface area contributed by atoms with Crippen LogP contribution in [0.2, 0.25) is 0 Å². The van der Waals surface area contributed by atoms with E-state index in [9.17, 15) is 0 Å². The van der Waals surface area contributed by atoms with Crippen molar-refractivity contribution < 1.29 is 0 Å². The molecule has 0 atom stereocenters. The van der Waals surface area contributed by atoms with E-state index in [-0.39, 0.29) is 0 Å². The number of hydrogen-bond acceptors (Lipinski definition) is 11. The van der Waals surface area contributed by atoms with Gasteiger partial charge < -0.3 is 4.57 Å². The van der Waals surface area contributed by atoms with Crippen LogP contribution in [0.25, 0.3) is 5.69 Å². The van der Waals surface area contributed by atoms with Gasteiger partial charge in [0.15, 0.2) is 0 Å². The first-order valence-electron chi connectivity index (χ1n) is 19.7. The number of nitrogens with zero attached hydrogens (tertiary/aromatic N) is 12. The molecule has 6 heterocycles. The van der Waals surface area contributed by atoms with Crippen molar-refractivity contribution in [1.82, 2.24) is 34.5 Å². The number of pyridine rings is 5. The highest BCUT2D eigenvalue weighted by molar-refractivity contribution is 5.86. The molecule has 304 valence electrons. The third-order valence-corrected chi connectivity index (χ3v) is 8.70. The summed E-state index contributed by atoms with van der Waals surface area (Å²) in [5, 5.41) is 0. The Kier molecular flexibility index (Phi) is 15.7. The molecule has 0 spiro atoms. The van der Waals surface area contributed by atoms with Crippen LogP contribution < -0.4 is 0 Å². The van der Waals surface area contributed by atoms with E-state index in [2.05, 4.69) is 54.9 Å². The Morgan fingerprint density at radius 3 is 0.841 bits per heavy atom. The average Bonchev–Trinajstić information content (AvgIpc) is 3.92. The SMILES string of the molecule is C(=Nc1ccc(-n2ccnc2)cc1)c1ccncc1.C(=Nc1ccc(N=Cc2ccncc2)cc1)c1ccncc1.C(=Nc1ccncc1)c1ccc(C=Nc2ccncc2)cc1. The number of benzene rings is 3. The van der Waals surface area contributed by atoms with Gasteiger partial charge in [0.25, 0.3) is 0 Å². The molecule has 63 heavy (non-hydrogen) atoms. The molecule has 0 aliphatic heterocycles. The predicted octanol–water partition coefficient (Wildman–Crippen LogP) is 11.0. The second-order valence-electron chi connectivity index (χ2n) is 13.2. The number of aliphatic imine (C=N–C) groups is 5. The second kappa shape index (κ2) is 23.5. The Hall–Kier alpha value is -9.03. The molecule has 0 fully saturated rings. The summed E-state index contributed by atoms with van der Waals surface area (Å²) < 4.78 is 1.95. The van der Waals surface area contributed by atoms with Crippen LogP contribution in [0.3, 0.4) is 0 Å². The van der Waals surface area contributed by atoms with Gasteiger partial charge >= 0.3 is 0 Å². The van der Waals surface area contributed by atoms with Gasteiger partial charge in [0, 0.05) is 111 Å². The molecule has 12 heteroatoms. The number of rotatable bonds is 11. The molecule has 0 bridgehead atoms. The molecule has 0 aliphatic rings. The molecule has 0 unspecified atom stereocenters. The number of hydrogen-bond donors (Lipinski definition) is 0. The zero-order valence-electron chi connectivity index (χ0n) is 34.0. The van der Waals surface area contributed by atoms with Gasteiger partial charge in [-0.15, -0.1) is 0 Å². The third-order valence-electron chi connectivity index (χ3n) is 8.70. The summed E-state index contributed by atoms with van der Waals surface area (Å²) in [5.74, 6) is 0. The molecule has 0 saturated heterocycles. The first kappa shape index (κ1) is 42.1. The summed E-state index contributed by atoms with van der Waals surface area (Å²) in [6, 6.07) is 42.8. The van der Waals surface area contributed by atoms with Gasteiger partial charge in [-0.3, -0.25) is 49.9 Å². The van der Waals surface area contributed by atoms with E-state index in [1.165, 1.54) is 0 Å². The molecule has 6 aromatic heterocycles. The van der Waals surface area contributed by atoms with Crippen molar-refractivity contribution in [2.45, 2.75) is 0 Å². The molecule has 0 amide bonds. The quantitative estimate of drug-likeness (QED) is 0.119. The first-order chi connectivity index (χ1) is 31.2. The van der Waals surface area contributed by atoms with Crippen LogP contribution in [0.4, 0.5) is 28.4 Å². The van der Waals surface area contributed by atoms with Crippen LogP contribution in [0.5, 0.6) is 0 Å². The minimum absolute atomic E-state index is 0.887. The van der Waals surface area contributed by atoms with E-state index in [4.69, 9.17) is 0 Å². The van der Waals surface area contributed by atoms with E-state index >= 15 is 0 Å². The van der Waals surface area contributed by atoms with Crippen molar-refractivity contribution in [3.05, 3.63) is 242 Å². The molecular formula is C51H40N12. The van der Waals surface area contributed by atoms with Gasteiger partial charge in [-0.05, 0) is 137 Å². The number of imidazole rings is 1. The lowest BCUT2D eigenvalue weighted by molar-refractivity contribution is 1.06. The van der Waals surface area contributed by atoms with Gasteiger partial charge in [0.1, 0.15) is 0 Å². The summed E-state index contributed by atoms with van der Waals surface area (Å²) in [6.07, 6.45) is 32.0. The first-order valence-corrected chi connectivity index (χ1v) is 19.7. The van der Waals surface area contributed by atoms with Crippen LogP contribution in [0, 0.1) is 0 Å². The fourth-order valence-corrected chi connectivity index (χ4v) is 5.37. The molecule has 0 aliphatic carbocycles. The predicted molar refractivity (Wildman–Crippen MR) is 254 cm³/mol. The van der Waals surface area contributed by atoms with Crippen molar-refractivity contribution in [2.75, 3.05) is 0 Å². The van der Waals surface area contributed by atoms with Gasteiger partial charge in [-0.25, -0.2) is 4.98 Å². The Labute approximate surface area is 365 Å². The topological polar surface area (TPSA) is 144 Å². The average molecular weight is 821 g/mol. The van der Waals surface area contributed by atoms with E-state index in [1.807, 2.05) is 175 Å². The van der Waals surface area contributed by atoms with Crippen molar-refractivity contribution in [3.8, 4) is 5.69 Å². The third kappa shape index (κ3) is 14.6. The summed E-state index contributed by atoms with van der Waals surface area (Å²) in [5.41, 5.74) is 10.7. The van der Waals surface area contributed by atoms with E-state index in [0.29, 0.717) is 0 Å². The zero-order valence-corrected chi connectivity index (χ0v) is 34.0. The minimum Gasteiger partial charge on any atom is -0.306 e. The van der Waals surface area contributed by atoms with Crippen LogP contribution in [-0.4, -0.2) is 65.5 Å². The lowest BCUT2D eigenvalue weighted by atomic mass is 10.1. The van der Waals surface area contributed by atoms with Crippen LogP contribution >= 0.6 is 0 Å². The molecule has 9 aromatic rings. The van der Waals surface area contributed by atoms with E-state index in [0.717, 1.165) is 61.9 Å². The largest absolute Gasteiger partial charge is 0.306 e. The minimum atomic E-state index is 0.887. The molecular weight excluding hydrogens is 781 g/mol. The van der Waals surface area contributed by atoms with Crippen molar-refractivity contribution >= 4 is 59.5 Å². The Morgan fingerprint density at radius 1 is 0.270 bits per heavy atom. The van der Waals surface area contributed by atoms with Crippen LogP contribution in [0.15, 0.2) is 239 Å². The maximum atomic E-state index is 4.42. The summed E-state index contributed by atoms with van der Waals surface area (Å²) in [7, 11) is 0. The van der Waals surface area contributed by atoms with Gasteiger partial charge in [0.2, 0.25) is 0 Å². The van der Waals surface area contributed by atoms with Crippen molar-refractivity contribution in [2.24, 2.45) is 25.0 Å². The zero-order chi connectivity index (χ0) is 43.0. The van der Waals surface area contributed by atoms with Gasteiger partial charge in [0.05, 0.1) is 34.8 Å². The van der Waals surface area contributed by atoms with E-state index < -0.39 is 0 Å². The number of aromatic nitrogens is 7. The van der Waals surface area contributed by atoms with Gasteiger partial charge in [-0.2, -0.15) is 0 Å². The maximum absolute atomic E-state index is 4.42. The molecule has 3 aromatic carbocycles. The highest BCUT2D eigenvalue weighted by atomic mass is 15.0. The van der Waals surface area contributed by atoms with Gasteiger partial charge in [-0.1, -0.05) is 24.3 Å². The monoisotopic (exact) mass is 820 g/mol. The molecule has 0 saturated carbocycles. The van der Waals surface area contributed by atoms with E-state index in [1.54, 1.807) is 74.5 Å². The smallest absolute Gasteiger partial charge is 0.0991 e. The lowest BCUT2D eigenvalue weighted by Gasteiger charge is -2.01. The van der Waals surface area contributed by atoms with Crippen molar-refractivity contribution in [1.29, 1.82) is 0 Å². The molecule has 9 rings (SSSR count). The molecule has 0 N–H and O–H groups in total.